The van der Waals surface area contributed by atoms with Crippen molar-refractivity contribution >= 4 is 28.7 Å². The van der Waals surface area contributed by atoms with E-state index in [4.69, 9.17) is 0 Å². The maximum atomic E-state index is 11.8. The minimum Gasteiger partial charge on any atom is -0.354 e. The number of fused-ring (bicyclic) bond motifs is 1. The summed E-state index contributed by atoms with van der Waals surface area (Å²) >= 11 is 1.22. The number of hydrogen-bond donors (Lipinski definition) is 2. The molecule has 0 bridgehead atoms. The highest BCUT2D eigenvalue weighted by Gasteiger charge is 2.40. The monoisotopic (exact) mass is 276 g/mol. The number of hydrogen-bond acceptors (Lipinski definition) is 5. The van der Waals surface area contributed by atoms with Crippen molar-refractivity contribution in [2.75, 3.05) is 6.54 Å². The van der Waals surface area contributed by atoms with E-state index in [1.54, 1.807) is 0 Å². The summed E-state index contributed by atoms with van der Waals surface area (Å²) in [5.41, 5.74) is 2.86. The number of carbonyl (C=O) groups is 1. The average Bonchev–Trinajstić information content (AvgIpc) is 2.94. The van der Waals surface area contributed by atoms with Gasteiger partial charge in [0.15, 0.2) is 0 Å². The largest absolute Gasteiger partial charge is 0.354 e. The van der Waals surface area contributed by atoms with Crippen LogP contribution in [0.2, 0.25) is 0 Å². The molecule has 0 radical (unpaired) electrons. The highest BCUT2D eigenvalue weighted by Crippen LogP contribution is 2.25. The van der Waals surface area contributed by atoms with Gasteiger partial charge in [0.05, 0.1) is 17.8 Å². The molecule has 1 amide bonds. The predicted octanol–water partition coefficient (Wildman–Crippen LogP) is 1.31. The average molecular weight is 276 g/mol. The summed E-state index contributed by atoms with van der Waals surface area (Å²) < 4.78 is 8.54. The van der Waals surface area contributed by atoms with E-state index in [0.717, 1.165) is 16.6 Å². The van der Waals surface area contributed by atoms with E-state index in [2.05, 4.69) is 33.2 Å². The predicted molar refractivity (Wildman–Crippen MR) is 74.8 cm³/mol. The third-order valence-electron chi connectivity index (χ3n) is 3.63. The second kappa shape index (κ2) is 4.54. The Bertz CT molecular complexity index is 622. The fourth-order valence-electron chi connectivity index (χ4n) is 2.46. The number of amides is 1. The van der Waals surface area contributed by atoms with Gasteiger partial charge in [-0.2, -0.15) is 8.75 Å². The second-order valence-corrected chi connectivity index (χ2v) is 6.10. The van der Waals surface area contributed by atoms with Gasteiger partial charge < -0.3 is 10.6 Å². The van der Waals surface area contributed by atoms with E-state index in [-0.39, 0.29) is 17.4 Å². The van der Waals surface area contributed by atoms with Crippen LogP contribution in [0.3, 0.4) is 0 Å². The summed E-state index contributed by atoms with van der Waals surface area (Å²) in [6, 6.07) is 5.79. The number of aromatic nitrogens is 2. The Morgan fingerprint density at radius 1 is 1.47 bits per heavy atom. The molecule has 0 aliphatic carbocycles. The van der Waals surface area contributed by atoms with Crippen molar-refractivity contribution in [3.05, 3.63) is 23.8 Å². The lowest BCUT2D eigenvalue weighted by molar-refractivity contribution is -0.121. The Kier molecular flexibility index (Phi) is 2.99. The summed E-state index contributed by atoms with van der Waals surface area (Å²) in [6.45, 7) is 5.53. The van der Waals surface area contributed by atoms with Crippen molar-refractivity contribution in [1.29, 1.82) is 0 Å². The molecule has 6 heteroatoms. The second-order valence-electron chi connectivity index (χ2n) is 5.57. The molecule has 2 aromatic rings. The molecule has 19 heavy (non-hydrogen) atoms. The molecule has 3 rings (SSSR count). The van der Waals surface area contributed by atoms with Crippen LogP contribution < -0.4 is 10.6 Å². The van der Waals surface area contributed by atoms with Gasteiger partial charge in [-0.15, -0.1) is 0 Å². The fourth-order valence-corrected chi connectivity index (χ4v) is 3.03. The van der Waals surface area contributed by atoms with E-state index >= 15 is 0 Å². The lowest BCUT2D eigenvalue weighted by Gasteiger charge is -2.24. The smallest absolute Gasteiger partial charge is 0.237 e. The fraction of sp³-hybridized carbons (Fsp3) is 0.462. The van der Waals surface area contributed by atoms with Crippen molar-refractivity contribution in [3.8, 4) is 0 Å². The van der Waals surface area contributed by atoms with Crippen LogP contribution in [-0.2, 0) is 11.3 Å². The minimum absolute atomic E-state index is 0.0642. The summed E-state index contributed by atoms with van der Waals surface area (Å²) in [5, 5.41) is 6.25. The van der Waals surface area contributed by atoms with Gasteiger partial charge in [-0.3, -0.25) is 4.79 Å². The molecular formula is C13H16N4OS. The van der Waals surface area contributed by atoms with Gasteiger partial charge in [0, 0.05) is 18.5 Å². The van der Waals surface area contributed by atoms with Gasteiger partial charge in [-0.25, -0.2) is 0 Å². The molecule has 5 nitrogen and oxygen atoms in total. The molecule has 1 saturated heterocycles. The van der Waals surface area contributed by atoms with E-state index in [1.807, 2.05) is 18.2 Å². The summed E-state index contributed by atoms with van der Waals surface area (Å²) in [5.74, 6) is 0.0774. The first kappa shape index (κ1) is 12.5. The zero-order chi connectivity index (χ0) is 13.5. The Balaban J connectivity index is 1.79. The van der Waals surface area contributed by atoms with Crippen LogP contribution in [0.25, 0.3) is 11.0 Å². The maximum absolute atomic E-state index is 11.8. The van der Waals surface area contributed by atoms with E-state index in [9.17, 15) is 4.79 Å². The lowest BCUT2D eigenvalue weighted by atomic mass is 9.87. The molecule has 1 aromatic carbocycles. The molecule has 0 spiro atoms. The van der Waals surface area contributed by atoms with Crippen molar-refractivity contribution in [2.45, 2.75) is 26.4 Å². The Hall–Kier alpha value is -1.53. The quantitative estimate of drug-likeness (QED) is 0.887. The zero-order valence-corrected chi connectivity index (χ0v) is 11.8. The van der Waals surface area contributed by atoms with E-state index in [1.165, 1.54) is 11.7 Å². The van der Waals surface area contributed by atoms with Gasteiger partial charge >= 0.3 is 0 Å². The van der Waals surface area contributed by atoms with Gasteiger partial charge in [-0.1, -0.05) is 26.0 Å². The number of rotatable bonds is 3. The SMILES string of the molecule is CC1(C)CNC(=O)C1NCc1cccc2nsnc12. The highest BCUT2D eigenvalue weighted by molar-refractivity contribution is 7.00. The number of nitrogens with one attached hydrogen (secondary N) is 2. The first-order chi connectivity index (χ1) is 9.08. The van der Waals surface area contributed by atoms with Crippen LogP contribution in [0.4, 0.5) is 0 Å². The van der Waals surface area contributed by atoms with Crippen LogP contribution in [0, 0.1) is 5.41 Å². The van der Waals surface area contributed by atoms with Gasteiger partial charge in [0.2, 0.25) is 5.91 Å². The van der Waals surface area contributed by atoms with Gasteiger partial charge in [-0.05, 0) is 11.6 Å². The Morgan fingerprint density at radius 3 is 3.05 bits per heavy atom. The van der Waals surface area contributed by atoms with Crippen molar-refractivity contribution in [1.82, 2.24) is 19.4 Å². The zero-order valence-electron chi connectivity index (χ0n) is 10.9. The molecule has 1 atom stereocenters. The number of carbonyl (C=O) groups excluding carboxylic acids is 1. The van der Waals surface area contributed by atoms with Gasteiger partial charge in [0.1, 0.15) is 11.0 Å². The van der Waals surface area contributed by atoms with Crippen LogP contribution in [0.1, 0.15) is 19.4 Å². The third kappa shape index (κ3) is 2.21. The highest BCUT2D eigenvalue weighted by atomic mass is 32.1. The van der Waals surface area contributed by atoms with Crippen molar-refractivity contribution in [2.24, 2.45) is 5.41 Å². The third-order valence-corrected chi connectivity index (χ3v) is 4.17. The molecule has 2 heterocycles. The lowest BCUT2D eigenvalue weighted by Crippen LogP contribution is -2.43. The standard InChI is InChI=1S/C13H16N4OS/c1-13(2)7-15-12(18)11(13)14-6-8-4-3-5-9-10(8)17-19-16-9/h3-5,11,14H,6-7H2,1-2H3,(H,15,18). The molecule has 1 fully saturated rings. The summed E-state index contributed by atoms with van der Waals surface area (Å²) in [6.07, 6.45) is 0. The van der Waals surface area contributed by atoms with Crippen molar-refractivity contribution < 1.29 is 4.79 Å². The maximum Gasteiger partial charge on any atom is 0.237 e. The normalized spacial score (nSPS) is 21.8. The summed E-state index contributed by atoms with van der Waals surface area (Å²) in [7, 11) is 0. The molecule has 2 N–H and O–H groups in total. The summed E-state index contributed by atoms with van der Waals surface area (Å²) in [4.78, 5) is 11.8. The van der Waals surface area contributed by atoms with Crippen LogP contribution in [-0.4, -0.2) is 27.2 Å². The first-order valence-electron chi connectivity index (χ1n) is 6.29. The molecule has 1 aromatic heterocycles. The topological polar surface area (TPSA) is 66.9 Å². The molecule has 100 valence electrons. The molecule has 1 aliphatic rings. The minimum atomic E-state index is -0.158. The van der Waals surface area contributed by atoms with E-state index in [0.29, 0.717) is 13.1 Å². The van der Waals surface area contributed by atoms with Crippen LogP contribution >= 0.6 is 11.7 Å². The van der Waals surface area contributed by atoms with Crippen LogP contribution in [0.5, 0.6) is 0 Å². The molecule has 1 aliphatic heterocycles. The Morgan fingerprint density at radius 2 is 2.32 bits per heavy atom. The number of nitrogens with zero attached hydrogens (tertiary/aromatic N) is 2. The first-order valence-corrected chi connectivity index (χ1v) is 7.02. The molecule has 0 saturated carbocycles. The molecular weight excluding hydrogens is 260 g/mol. The van der Waals surface area contributed by atoms with Crippen molar-refractivity contribution in [3.63, 3.8) is 0 Å². The number of benzene rings is 1. The molecule has 1 unspecified atom stereocenters. The van der Waals surface area contributed by atoms with Crippen LogP contribution in [0.15, 0.2) is 18.2 Å². The Labute approximate surface area is 115 Å². The van der Waals surface area contributed by atoms with Gasteiger partial charge in [0.25, 0.3) is 0 Å². The van der Waals surface area contributed by atoms with E-state index < -0.39 is 0 Å².